The highest BCUT2D eigenvalue weighted by molar-refractivity contribution is 5.82. The summed E-state index contributed by atoms with van der Waals surface area (Å²) in [6.45, 7) is 4.46. The fraction of sp³-hybridized carbons (Fsp3) is 0.143. The molecule has 0 N–H and O–H groups in total. The molecular formula is C35H30. The monoisotopic (exact) mass is 450 g/mol. The van der Waals surface area contributed by atoms with Gasteiger partial charge in [0.2, 0.25) is 0 Å². The summed E-state index contributed by atoms with van der Waals surface area (Å²) in [5.74, 6) is 0.434. The number of hydrogen-bond donors (Lipinski definition) is 0. The molecule has 0 bridgehead atoms. The molecule has 0 fully saturated rings. The summed E-state index contributed by atoms with van der Waals surface area (Å²) in [5, 5.41) is 0. The standard InChI is InChI=1S/C35H30/c1-3-4-6-17-30-23-29-16-10-12-19-33(29)35(30)32-18-11-9-15-28(32)22-25(2)31-21-20-27(24-34(31)35)26-13-7-5-8-14-26/h3-21,23-25H,22H2,1-2H3/b4-3-,17-6-. The Morgan fingerprint density at radius 3 is 2.29 bits per heavy atom. The maximum Gasteiger partial charge on any atom is 0.0713 e. The minimum absolute atomic E-state index is 0.337. The van der Waals surface area contributed by atoms with Gasteiger partial charge in [0.05, 0.1) is 5.41 Å². The van der Waals surface area contributed by atoms with Crippen LogP contribution in [0.25, 0.3) is 17.2 Å². The molecule has 170 valence electrons. The summed E-state index contributed by atoms with van der Waals surface area (Å²) in [6.07, 6.45) is 12.2. The van der Waals surface area contributed by atoms with Crippen LogP contribution in [0.3, 0.4) is 0 Å². The molecule has 0 saturated heterocycles. The predicted octanol–water partition coefficient (Wildman–Crippen LogP) is 8.88. The third kappa shape index (κ3) is 3.36. The van der Waals surface area contributed by atoms with E-state index in [0.29, 0.717) is 5.92 Å². The minimum Gasteiger partial charge on any atom is -0.0877 e. The Labute approximate surface area is 209 Å². The second-order valence-corrected chi connectivity index (χ2v) is 9.75. The average Bonchev–Trinajstić information content (AvgIpc) is 3.18. The van der Waals surface area contributed by atoms with Crippen LogP contribution in [0.4, 0.5) is 0 Å². The van der Waals surface area contributed by atoms with Crippen LogP contribution in [0.15, 0.2) is 127 Å². The van der Waals surface area contributed by atoms with Crippen molar-refractivity contribution in [3.63, 3.8) is 0 Å². The molecule has 2 aliphatic carbocycles. The quantitative estimate of drug-likeness (QED) is 0.273. The number of rotatable bonds is 3. The minimum atomic E-state index is -0.337. The van der Waals surface area contributed by atoms with Crippen LogP contribution in [-0.4, -0.2) is 0 Å². The molecule has 0 amide bonds. The molecule has 0 aromatic heterocycles. The molecule has 0 saturated carbocycles. The lowest BCUT2D eigenvalue weighted by Crippen LogP contribution is -2.30. The van der Waals surface area contributed by atoms with Crippen molar-refractivity contribution >= 4 is 6.08 Å². The van der Waals surface area contributed by atoms with Crippen molar-refractivity contribution in [3.05, 3.63) is 160 Å². The Balaban J connectivity index is 1.74. The highest BCUT2D eigenvalue weighted by Crippen LogP contribution is 2.56. The topological polar surface area (TPSA) is 0 Å². The van der Waals surface area contributed by atoms with Crippen LogP contribution >= 0.6 is 0 Å². The molecule has 1 spiro atoms. The number of fused-ring (bicyclic) bond motifs is 6. The summed E-state index contributed by atoms with van der Waals surface area (Å²) in [7, 11) is 0. The second-order valence-electron chi connectivity index (χ2n) is 9.75. The lowest BCUT2D eigenvalue weighted by Gasteiger charge is -2.36. The molecule has 35 heavy (non-hydrogen) atoms. The van der Waals surface area contributed by atoms with Crippen molar-refractivity contribution in [3.8, 4) is 11.1 Å². The van der Waals surface area contributed by atoms with Gasteiger partial charge < -0.3 is 0 Å². The maximum absolute atomic E-state index is 2.47. The van der Waals surface area contributed by atoms with Crippen molar-refractivity contribution in [2.75, 3.05) is 0 Å². The molecule has 4 aromatic rings. The van der Waals surface area contributed by atoms with Gasteiger partial charge in [0, 0.05) is 0 Å². The number of hydrogen-bond acceptors (Lipinski definition) is 0. The first-order valence-corrected chi connectivity index (χ1v) is 12.6. The van der Waals surface area contributed by atoms with Crippen LogP contribution in [0, 0.1) is 0 Å². The summed E-state index contributed by atoms with van der Waals surface area (Å²) < 4.78 is 0. The van der Waals surface area contributed by atoms with Gasteiger partial charge >= 0.3 is 0 Å². The van der Waals surface area contributed by atoms with E-state index in [-0.39, 0.29) is 5.41 Å². The average molecular weight is 451 g/mol. The van der Waals surface area contributed by atoms with Crippen molar-refractivity contribution < 1.29 is 0 Å². The summed E-state index contributed by atoms with van der Waals surface area (Å²) in [6, 6.07) is 36.1. The molecular weight excluding hydrogens is 420 g/mol. The zero-order valence-corrected chi connectivity index (χ0v) is 20.4. The van der Waals surface area contributed by atoms with E-state index in [4.69, 9.17) is 0 Å². The molecule has 4 aromatic carbocycles. The van der Waals surface area contributed by atoms with Gasteiger partial charge in [-0.05, 0) is 81.5 Å². The zero-order chi connectivity index (χ0) is 23.8. The molecule has 0 heteroatoms. The second kappa shape index (κ2) is 8.71. The van der Waals surface area contributed by atoms with E-state index < -0.39 is 0 Å². The molecule has 2 unspecified atom stereocenters. The van der Waals surface area contributed by atoms with E-state index in [0.717, 1.165) is 6.42 Å². The smallest absolute Gasteiger partial charge is 0.0713 e. The molecule has 0 radical (unpaired) electrons. The Kier molecular flexibility index (Phi) is 5.38. The molecule has 0 aliphatic heterocycles. The van der Waals surface area contributed by atoms with E-state index in [2.05, 4.69) is 141 Å². The van der Waals surface area contributed by atoms with E-state index in [1.165, 1.54) is 50.1 Å². The third-order valence-corrected chi connectivity index (χ3v) is 7.73. The Morgan fingerprint density at radius 2 is 1.46 bits per heavy atom. The summed E-state index contributed by atoms with van der Waals surface area (Å²) in [4.78, 5) is 0. The fourth-order valence-electron chi connectivity index (χ4n) is 6.21. The summed E-state index contributed by atoms with van der Waals surface area (Å²) >= 11 is 0. The van der Waals surface area contributed by atoms with E-state index >= 15 is 0 Å². The Morgan fingerprint density at radius 1 is 0.714 bits per heavy atom. The van der Waals surface area contributed by atoms with Crippen LogP contribution in [0.1, 0.15) is 53.1 Å². The molecule has 6 rings (SSSR count). The molecule has 0 nitrogen and oxygen atoms in total. The van der Waals surface area contributed by atoms with Gasteiger partial charge in [-0.3, -0.25) is 0 Å². The predicted molar refractivity (Wildman–Crippen MR) is 149 cm³/mol. The zero-order valence-electron chi connectivity index (χ0n) is 20.4. The first-order chi connectivity index (χ1) is 17.2. The van der Waals surface area contributed by atoms with E-state index in [1.807, 2.05) is 0 Å². The van der Waals surface area contributed by atoms with Gasteiger partial charge in [-0.15, -0.1) is 0 Å². The Bertz CT molecular complexity index is 1480. The highest BCUT2D eigenvalue weighted by Gasteiger charge is 2.47. The fourth-order valence-corrected chi connectivity index (χ4v) is 6.21. The van der Waals surface area contributed by atoms with Crippen molar-refractivity contribution in [1.82, 2.24) is 0 Å². The van der Waals surface area contributed by atoms with Gasteiger partial charge in [-0.2, -0.15) is 0 Å². The SMILES string of the molecule is C/C=C\C=C/C1=Cc2ccccc2C12c1ccccc1CC(C)c1ccc(-c3ccccc3)cc12. The van der Waals surface area contributed by atoms with Crippen molar-refractivity contribution in [1.29, 1.82) is 0 Å². The van der Waals surface area contributed by atoms with Crippen LogP contribution in [0.2, 0.25) is 0 Å². The number of benzene rings is 4. The largest absolute Gasteiger partial charge is 0.0877 e. The first-order valence-electron chi connectivity index (χ1n) is 12.6. The molecule has 2 atom stereocenters. The lowest BCUT2D eigenvalue weighted by atomic mass is 9.65. The van der Waals surface area contributed by atoms with Crippen LogP contribution in [-0.2, 0) is 11.8 Å². The van der Waals surface area contributed by atoms with Gasteiger partial charge in [-0.1, -0.05) is 122 Å². The first kappa shape index (κ1) is 21.6. The van der Waals surface area contributed by atoms with Crippen molar-refractivity contribution in [2.45, 2.75) is 31.6 Å². The highest BCUT2D eigenvalue weighted by atomic mass is 14.5. The number of allylic oxidation sites excluding steroid dienone is 5. The van der Waals surface area contributed by atoms with Gasteiger partial charge in [0.25, 0.3) is 0 Å². The lowest BCUT2D eigenvalue weighted by molar-refractivity contribution is 0.744. The van der Waals surface area contributed by atoms with Gasteiger partial charge in [0.15, 0.2) is 0 Å². The normalized spacial score (nSPS) is 20.5. The maximum atomic E-state index is 2.47. The van der Waals surface area contributed by atoms with Crippen molar-refractivity contribution in [2.24, 2.45) is 0 Å². The Hall–Kier alpha value is -3.90. The van der Waals surface area contributed by atoms with Gasteiger partial charge in [0.1, 0.15) is 0 Å². The molecule has 0 heterocycles. The van der Waals surface area contributed by atoms with Crippen LogP contribution in [0.5, 0.6) is 0 Å². The van der Waals surface area contributed by atoms with E-state index in [1.54, 1.807) is 0 Å². The van der Waals surface area contributed by atoms with Gasteiger partial charge in [-0.25, -0.2) is 0 Å². The third-order valence-electron chi connectivity index (χ3n) is 7.73. The van der Waals surface area contributed by atoms with Crippen LogP contribution < -0.4 is 0 Å². The van der Waals surface area contributed by atoms with E-state index in [9.17, 15) is 0 Å². The summed E-state index contributed by atoms with van der Waals surface area (Å²) in [5.41, 5.74) is 12.0. The molecule has 2 aliphatic rings.